The molecule has 3 N–H and O–H groups in total. The van der Waals surface area contributed by atoms with E-state index in [9.17, 15) is 18.0 Å². The van der Waals surface area contributed by atoms with E-state index in [2.05, 4.69) is 21.3 Å². The molecule has 0 aliphatic carbocycles. The molecule has 0 saturated carbocycles. The Balaban J connectivity index is 1.61. The predicted octanol–water partition coefficient (Wildman–Crippen LogP) is 2.55. The Labute approximate surface area is 198 Å². The van der Waals surface area contributed by atoms with Gasteiger partial charge in [0.25, 0.3) is 15.9 Å². The third kappa shape index (κ3) is 7.12. The quantitative estimate of drug-likeness (QED) is 0.389. The molecular formula is C25H23N3O5S. The molecule has 0 aliphatic rings. The van der Waals surface area contributed by atoms with Gasteiger partial charge in [-0.2, -0.15) is 0 Å². The number of terminal acetylenes is 1. The maximum absolute atomic E-state index is 12.8. The van der Waals surface area contributed by atoms with Gasteiger partial charge >= 0.3 is 0 Å². The summed E-state index contributed by atoms with van der Waals surface area (Å²) in [5.41, 5.74) is 1.45. The second-order valence-corrected chi connectivity index (χ2v) is 8.78. The number of nitrogens with one attached hydrogen (secondary N) is 3. The zero-order valence-electron chi connectivity index (χ0n) is 18.2. The van der Waals surface area contributed by atoms with Gasteiger partial charge in [0.1, 0.15) is 12.4 Å². The third-order valence-corrected chi connectivity index (χ3v) is 5.94. The molecule has 0 atom stereocenters. The van der Waals surface area contributed by atoms with Gasteiger partial charge in [0.2, 0.25) is 5.91 Å². The highest BCUT2D eigenvalue weighted by molar-refractivity contribution is 7.92. The minimum absolute atomic E-state index is 0.0498. The average Bonchev–Trinajstić information content (AvgIpc) is 2.86. The van der Waals surface area contributed by atoms with E-state index in [1.807, 2.05) is 30.3 Å². The van der Waals surface area contributed by atoms with Gasteiger partial charge in [-0.15, -0.1) is 6.42 Å². The van der Waals surface area contributed by atoms with E-state index in [4.69, 9.17) is 11.2 Å². The van der Waals surface area contributed by atoms with Crippen LogP contribution in [-0.2, 0) is 21.4 Å². The standard InChI is InChI=1S/C25H23N3O5S/c1-2-15-26-24(29)17-27-25(30)20-9-6-10-23(16-20)34(31,32)28-21-11-13-22(14-12-21)33-18-19-7-4-3-5-8-19/h1,3-14,16,28H,15,17-18H2,(H,26,29)(H,27,30). The third-order valence-electron chi connectivity index (χ3n) is 4.56. The second kappa shape index (κ2) is 11.5. The van der Waals surface area contributed by atoms with Crippen LogP contribution in [-0.4, -0.2) is 33.3 Å². The number of ether oxygens (including phenoxy) is 1. The molecular weight excluding hydrogens is 454 g/mol. The Kier molecular flexibility index (Phi) is 8.26. The number of benzene rings is 3. The molecule has 8 nitrogen and oxygen atoms in total. The van der Waals surface area contributed by atoms with Crippen molar-refractivity contribution in [1.29, 1.82) is 0 Å². The summed E-state index contributed by atoms with van der Waals surface area (Å²) in [6.07, 6.45) is 5.06. The van der Waals surface area contributed by atoms with Gasteiger partial charge < -0.3 is 15.4 Å². The molecule has 0 unspecified atom stereocenters. The average molecular weight is 478 g/mol. The first-order valence-corrected chi connectivity index (χ1v) is 11.7. The molecule has 0 fully saturated rings. The molecule has 0 spiro atoms. The van der Waals surface area contributed by atoms with Crippen molar-refractivity contribution in [3.05, 3.63) is 90.0 Å². The van der Waals surface area contributed by atoms with Crippen LogP contribution in [0.4, 0.5) is 5.69 Å². The lowest BCUT2D eigenvalue weighted by Crippen LogP contribution is -2.37. The molecule has 0 aromatic heterocycles. The van der Waals surface area contributed by atoms with Gasteiger partial charge in [0, 0.05) is 11.3 Å². The van der Waals surface area contributed by atoms with Gasteiger partial charge in [-0.05, 0) is 48.0 Å². The molecule has 0 aliphatic heterocycles. The van der Waals surface area contributed by atoms with Crippen LogP contribution in [0.5, 0.6) is 5.75 Å². The number of anilines is 1. The van der Waals surface area contributed by atoms with E-state index in [-0.39, 0.29) is 23.5 Å². The van der Waals surface area contributed by atoms with Crippen LogP contribution in [0.3, 0.4) is 0 Å². The summed E-state index contributed by atoms with van der Waals surface area (Å²) < 4.78 is 33.8. The summed E-state index contributed by atoms with van der Waals surface area (Å²) in [5, 5.41) is 4.83. The second-order valence-electron chi connectivity index (χ2n) is 7.10. The van der Waals surface area contributed by atoms with Gasteiger partial charge in [0.15, 0.2) is 0 Å². The van der Waals surface area contributed by atoms with Gasteiger partial charge in [-0.25, -0.2) is 8.42 Å². The molecule has 9 heteroatoms. The van der Waals surface area contributed by atoms with Crippen molar-refractivity contribution in [2.45, 2.75) is 11.5 Å². The van der Waals surface area contributed by atoms with Gasteiger partial charge in [0.05, 0.1) is 18.0 Å². The van der Waals surface area contributed by atoms with Crippen LogP contribution >= 0.6 is 0 Å². The number of hydrogen-bond donors (Lipinski definition) is 3. The summed E-state index contributed by atoms with van der Waals surface area (Å²) in [6.45, 7) is 0.162. The van der Waals surface area contributed by atoms with E-state index in [0.717, 1.165) is 5.56 Å². The van der Waals surface area contributed by atoms with Crippen LogP contribution < -0.4 is 20.1 Å². The maximum atomic E-state index is 12.8. The van der Waals surface area contributed by atoms with Crippen LogP contribution in [0.1, 0.15) is 15.9 Å². The van der Waals surface area contributed by atoms with E-state index in [0.29, 0.717) is 18.0 Å². The molecule has 3 aromatic carbocycles. The molecule has 3 rings (SSSR count). The SMILES string of the molecule is C#CCNC(=O)CNC(=O)c1cccc(S(=O)(=O)Nc2ccc(OCc3ccccc3)cc2)c1. The van der Waals surface area contributed by atoms with Crippen LogP contribution in [0.15, 0.2) is 83.8 Å². The number of carbonyl (C=O) groups is 2. The Hall–Kier alpha value is -4.29. The fourth-order valence-electron chi connectivity index (χ4n) is 2.85. The molecule has 3 aromatic rings. The number of hydrogen-bond acceptors (Lipinski definition) is 5. The van der Waals surface area contributed by atoms with E-state index < -0.39 is 21.8 Å². The lowest BCUT2D eigenvalue weighted by atomic mass is 10.2. The van der Waals surface area contributed by atoms with E-state index >= 15 is 0 Å². The van der Waals surface area contributed by atoms with Crippen molar-refractivity contribution in [3.8, 4) is 18.1 Å². The molecule has 2 amide bonds. The number of carbonyl (C=O) groups excluding carboxylic acids is 2. The van der Waals surface area contributed by atoms with E-state index in [1.54, 1.807) is 24.3 Å². The molecule has 0 bridgehead atoms. The first-order chi connectivity index (χ1) is 16.4. The lowest BCUT2D eigenvalue weighted by Gasteiger charge is -2.11. The number of sulfonamides is 1. The van der Waals surface area contributed by atoms with Crippen molar-refractivity contribution in [2.75, 3.05) is 17.8 Å². The minimum atomic E-state index is -3.95. The number of rotatable bonds is 10. The molecule has 0 radical (unpaired) electrons. The van der Waals surface area contributed by atoms with Gasteiger partial charge in [-0.3, -0.25) is 14.3 Å². The highest BCUT2D eigenvalue weighted by Crippen LogP contribution is 2.21. The summed E-state index contributed by atoms with van der Waals surface area (Å²) in [4.78, 5) is 23.8. The van der Waals surface area contributed by atoms with Gasteiger partial charge in [-0.1, -0.05) is 42.3 Å². The number of amides is 2. The van der Waals surface area contributed by atoms with E-state index in [1.165, 1.54) is 24.3 Å². The van der Waals surface area contributed by atoms with Crippen molar-refractivity contribution < 1.29 is 22.7 Å². The zero-order valence-corrected chi connectivity index (χ0v) is 19.0. The maximum Gasteiger partial charge on any atom is 0.261 e. The lowest BCUT2D eigenvalue weighted by molar-refractivity contribution is -0.119. The fourth-order valence-corrected chi connectivity index (χ4v) is 3.96. The summed E-state index contributed by atoms with van der Waals surface area (Å²) >= 11 is 0. The predicted molar refractivity (Wildman–Crippen MR) is 129 cm³/mol. The Bertz CT molecular complexity index is 1280. The van der Waals surface area contributed by atoms with Crippen molar-refractivity contribution in [3.63, 3.8) is 0 Å². The largest absolute Gasteiger partial charge is 0.489 e. The monoisotopic (exact) mass is 477 g/mol. The van der Waals surface area contributed by atoms with Crippen molar-refractivity contribution >= 4 is 27.5 Å². The Morgan fingerprint density at radius 2 is 1.65 bits per heavy atom. The normalized spacial score (nSPS) is 10.6. The summed E-state index contributed by atoms with van der Waals surface area (Å²) in [7, 11) is -3.95. The van der Waals surface area contributed by atoms with Crippen LogP contribution in [0, 0.1) is 12.3 Å². The highest BCUT2D eigenvalue weighted by atomic mass is 32.2. The summed E-state index contributed by atoms with van der Waals surface area (Å²) in [6, 6.07) is 21.7. The first-order valence-electron chi connectivity index (χ1n) is 10.3. The molecule has 34 heavy (non-hydrogen) atoms. The van der Waals surface area contributed by atoms with Crippen molar-refractivity contribution in [2.24, 2.45) is 0 Å². The highest BCUT2D eigenvalue weighted by Gasteiger charge is 2.17. The smallest absolute Gasteiger partial charge is 0.261 e. The van der Waals surface area contributed by atoms with Crippen molar-refractivity contribution in [1.82, 2.24) is 10.6 Å². The zero-order chi connectivity index (χ0) is 24.4. The minimum Gasteiger partial charge on any atom is -0.489 e. The summed E-state index contributed by atoms with van der Waals surface area (Å²) in [5.74, 6) is 1.81. The molecule has 174 valence electrons. The first kappa shape index (κ1) is 24.4. The fraction of sp³-hybridized carbons (Fsp3) is 0.120. The Morgan fingerprint density at radius 1 is 0.912 bits per heavy atom. The Morgan fingerprint density at radius 3 is 2.35 bits per heavy atom. The topological polar surface area (TPSA) is 114 Å². The van der Waals surface area contributed by atoms with Crippen LogP contribution in [0.2, 0.25) is 0 Å². The molecule has 0 saturated heterocycles. The van der Waals surface area contributed by atoms with Crippen LogP contribution in [0.25, 0.3) is 0 Å². The molecule has 0 heterocycles.